The fourth-order valence-electron chi connectivity index (χ4n) is 3.65. The quantitative estimate of drug-likeness (QED) is 0.876. The van der Waals surface area contributed by atoms with Crippen molar-refractivity contribution in [3.05, 3.63) is 24.3 Å². The molecule has 0 spiro atoms. The Morgan fingerprint density at radius 2 is 2.05 bits per heavy atom. The number of nitrogens with one attached hydrogen (secondary N) is 1. The second kappa shape index (κ2) is 5.59. The van der Waals surface area contributed by atoms with E-state index in [1.165, 1.54) is 0 Å². The van der Waals surface area contributed by atoms with Gasteiger partial charge in [0.25, 0.3) is 0 Å². The second-order valence-corrected chi connectivity index (χ2v) is 7.68. The fourth-order valence-corrected chi connectivity index (χ4v) is 4.91. The molecule has 3 atom stereocenters. The van der Waals surface area contributed by atoms with E-state index in [1.54, 1.807) is 19.1 Å². The Hall–Kier alpha value is -1.11. The summed E-state index contributed by atoms with van der Waals surface area (Å²) in [6.45, 7) is 3.72. The molecule has 2 aliphatic rings. The highest BCUT2D eigenvalue weighted by Crippen LogP contribution is 2.41. The number of hydrogen-bond acceptors (Lipinski definition) is 4. The molecule has 1 saturated heterocycles. The lowest BCUT2D eigenvalue weighted by Crippen LogP contribution is -2.29. The van der Waals surface area contributed by atoms with E-state index in [1.807, 2.05) is 12.1 Å². The normalized spacial score (nSPS) is 28.9. The van der Waals surface area contributed by atoms with E-state index in [2.05, 4.69) is 9.62 Å². The molecule has 2 fully saturated rings. The Morgan fingerprint density at radius 3 is 2.76 bits per heavy atom. The Labute approximate surface area is 126 Å². The van der Waals surface area contributed by atoms with Crippen LogP contribution in [0.1, 0.15) is 19.8 Å². The zero-order chi connectivity index (χ0) is 15.0. The van der Waals surface area contributed by atoms with Crippen molar-refractivity contribution in [3.63, 3.8) is 0 Å². The summed E-state index contributed by atoms with van der Waals surface area (Å²) in [6, 6.07) is 7.12. The van der Waals surface area contributed by atoms with Gasteiger partial charge in [-0.25, -0.2) is 13.1 Å². The Balaban J connectivity index is 1.90. The summed E-state index contributed by atoms with van der Waals surface area (Å²) in [6.07, 6.45) is 1.67. The molecule has 1 aliphatic carbocycles. The van der Waals surface area contributed by atoms with Gasteiger partial charge in [-0.15, -0.1) is 0 Å². The molecular formula is C15H22N2O3S. The van der Waals surface area contributed by atoms with Gasteiger partial charge < -0.3 is 10.0 Å². The van der Waals surface area contributed by atoms with E-state index in [0.29, 0.717) is 17.4 Å². The van der Waals surface area contributed by atoms with Crippen LogP contribution < -0.4 is 9.62 Å². The number of aliphatic hydroxyl groups is 1. The number of aliphatic hydroxyl groups excluding tert-OH is 1. The first-order valence-corrected chi connectivity index (χ1v) is 9.03. The van der Waals surface area contributed by atoms with E-state index < -0.39 is 10.0 Å². The average molecular weight is 310 g/mol. The van der Waals surface area contributed by atoms with Crippen LogP contribution in [0.4, 0.5) is 5.69 Å². The highest BCUT2D eigenvalue weighted by atomic mass is 32.2. The Bertz CT molecular complexity index is 617. The van der Waals surface area contributed by atoms with E-state index in [0.717, 1.165) is 31.6 Å². The van der Waals surface area contributed by atoms with Crippen LogP contribution in [0, 0.1) is 11.8 Å². The van der Waals surface area contributed by atoms with E-state index >= 15 is 0 Å². The molecule has 0 aromatic heterocycles. The van der Waals surface area contributed by atoms with Crippen molar-refractivity contribution in [2.24, 2.45) is 11.8 Å². The van der Waals surface area contributed by atoms with Crippen LogP contribution in [0.15, 0.2) is 29.2 Å². The minimum Gasteiger partial charge on any atom is -0.393 e. The van der Waals surface area contributed by atoms with Crippen molar-refractivity contribution in [2.45, 2.75) is 30.8 Å². The first-order chi connectivity index (χ1) is 10.0. The molecule has 0 amide bonds. The predicted molar refractivity (Wildman–Crippen MR) is 81.7 cm³/mol. The summed E-state index contributed by atoms with van der Waals surface area (Å²) in [4.78, 5) is 2.45. The van der Waals surface area contributed by atoms with E-state index in [-0.39, 0.29) is 12.0 Å². The third-order valence-corrected chi connectivity index (χ3v) is 6.24. The molecule has 1 heterocycles. The van der Waals surface area contributed by atoms with Crippen LogP contribution in [-0.2, 0) is 10.0 Å². The maximum atomic E-state index is 12.3. The molecule has 1 saturated carbocycles. The zero-order valence-electron chi connectivity index (χ0n) is 12.2. The van der Waals surface area contributed by atoms with Gasteiger partial charge in [0, 0.05) is 25.6 Å². The van der Waals surface area contributed by atoms with Crippen LogP contribution >= 0.6 is 0 Å². The Kier molecular flexibility index (Phi) is 3.94. The van der Waals surface area contributed by atoms with Gasteiger partial charge in [0.15, 0.2) is 0 Å². The molecule has 0 bridgehead atoms. The number of rotatable bonds is 4. The first-order valence-electron chi connectivity index (χ1n) is 7.54. The maximum Gasteiger partial charge on any atom is 0.242 e. The molecule has 116 valence electrons. The maximum absolute atomic E-state index is 12.3. The number of para-hydroxylation sites is 1. The minimum atomic E-state index is -3.47. The van der Waals surface area contributed by atoms with Gasteiger partial charge in [0.1, 0.15) is 4.90 Å². The summed E-state index contributed by atoms with van der Waals surface area (Å²) >= 11 is 0. The number of fused-ring (bicyclic) bond motifs is 1. The Morgan fingerprint density at radius 1 is 1.29 bits per heavy atom. The summed E-state index contributed by atoms with van der Waals surface area (Å²) in [5, 5.41) is 10.0. The molecular weight excluding hydrogens is 288 g/mol. The van der Waals surface area contributed by atoms with Crippen molar-refractivity contribution in [1.82, 2.24) is 4.72 Å². The molecule has 2 N–H and O–H groups in total. The van der Waals surface area contributed by atoms with Crippen molar-refractivity contribution >= 4 is 15.7 Å². The monoisotopic (exact) mass is 310 g/mol. The van der Waals surface area contributed by atoms with Gasteiger partial charge in [-0.1, -0.05) is 19.1 Å². The average Bonchev–Trinajstić information content (AvgIpc) is 3.01. The second-order valence-electron chi connectivity index (χ2n) is 5.94. The van der Waals surface area contributed by atoms with Crippen molar-refractivity contribution in [3.8, 4) is 0 Å². The molecule has 1 aromatic carbocycles. The number of nitrogens with zero attached hydrogens (tertiary/aromatic N) is 1. The summed E-state index contributed by atoms with van der Waals surface area (Å²) in [7, 11) is -3.47. The van der Waals surface area contributed by atoms with E-state index in [4.69, 9.17) is 0 Å². The van der Waals surface area contributed by atoms with Crippen LogP contribution in [0.25, 0.3) is 0 Å². The molecule has 1 aromatic rings. The largest absolute Gasteiger partial charge is 0.393 e. The molecule has 21 heavy (non-hydrogen) atoms. The van der Waals surface area contributed by atoms with Crippen LogP contribution in [0.3, 0.4) is 0 Å². The summed E-state index contributed by atoms with van der Waals surface area (Å²) in [5.74, 6) is 0.759. The predicted octanol–water partition coefficient (Wildman–Crippen LogP) is 1.19. The molecule has 1 aliphatic heterocycles. The topological polar surface area (TPSA) is 69.6 Å². The summed E-state index contributed by atoms with van der Waals surface area (Å²) in [5.41, 5.74) is 0.750. The van der Waals surface area contributed by atoms with Gasteiger partial charge >= 0.3 is 0 Å². The molecule has 3 unspecified atom stereocenters. The van der Waals surface area contributed by atoms with Gasteiger partial charge in [-0.05, 0) is 30.9 Å². The third kappa shape index (κ3) is 2.67. The standard InChI is InChI=1S/C15H22N2O3S/c1-2-16-21(19,20)15-6-4-3-5-13(15)17-9-11-7-8-14(18)12(11)10-17/h3-6,11-12,14,16,18H,2,7-10H2,1H3. The number of hydrogen-bond donors (Lipinski definition) is 2. The van der Waals surface area contributed by atoms with Gasteiger partial charge in [0.05, 0.1) is 11.8 Å². The highest BCUT2D eigenvalue weighted by molar-refractivity contribution is 7.89. The summed E-state index contributed by atoms with van der Waals surface area (Å²) < 4.78 is 27.2. The molecule has 3 rings (SSSR count). The lowest BCUT2D eigenvalue weighted by Gasteiger charge is -2.23. The first kappa shape index (κ1) is 14.8. The van der Waals surface area contributed by atoms with Crippen LogP contribution in [-0.4, -0.2) is 39.3 Å². The van der Waals surface area contributed by atoms with Crippen LogP contribution in [0.2, 0.25) is 0 Å². The van der Waals surface area contributed by atoms with Crippen LogP contribution in [0.5, 0.6) is 0 Å². The number of anilines is 1. The number of benzene rings is 1. The third-order valence-electron chi connectivity index (χ3n) is 4.65. The minimum absolute atomic E-state index is 0.238. The van der Waals surface area contributed by atoms with Crippen molar-refractivity contribution in [2.75, 3.05) is 24.5 Å². The smallest absolute Gasteiger partial charge is 0.242 e. The molecule has 5 nitrogen and oxygen atoms in total. The SMILES string of the molecule is CCNS(=O)(=O)c1ccccc1N1CC2CCC(O)C2C1. The molecule has 6 heteroatoms. The lowest BCUT2D eigenvalue weighted by atomic mass is 10.00. The lowest BCUT2D eigenvalue weighted by molar-refractivity contribution is 0.133. The highest BCUT2D eigenvalue weighted by Gasteiger charge is 2.42. The van der Waals surface area contributed by atoms with Crippen molar-refractivity contribution < 1.29 is 13.5 Å². The van der Waals surface area contributed by atoms with E-state index in [9.17, 15) is 13.5 Å². The van der Waals surface area contributed by atoms with Gasteiger partial charge in [-0.3, -0.25) is 0 Å². The van der Waals surface area contributed by atoms with Gasteiger partial charge in [0.2, 0.25) is 10.0 Å². The molecule has 0 radical (unpaired) electrons. The number of sulfonamides is 1. The van der Waals surface area contributed by atoms with Crippen molar-refractivity contribution in [1.29, 1.82) is 0 Å². The zero-order valence-corrected chi connectivity index (χ0v) is 13.0. The van der Waals surface area contributed by atoms with Gasteiger partial charge in [-0.2, -0.15) is 0 Å². The fraction of sp³-hybridized carbons (Fsp3) is 0.600.